The minimum atomic E-state index is -3.15. The van der Waals surface area contributed by atoms with Crippen molar-refractivity contribution in [1.29, 1.82) is 0 Å². The predicted octanol–water partition coefficient (Wildman–Crippen LogP) is 6.97. The molecule has 5 rings (SSSR count). The van der Waals surface area contributed by atoms with Gasteiger partial charge in [0.05, 0.1) is 42.5 Å². The minimum absolute atomic E-state index is 0.0390. The Morgan fingerprint density at radius 2 is 1.62 bits per heavy atom. The maximum absolute atomic E-state index is 14.5. The molecule has 16 unspecified atom stereocenters. The van der Waals surface area contributed by atoms with Crippen molar-refractivity contribution in [3.05, 3.63) is 59.8 Å². The Hall–Kier alpha value is -3.35. The Balaban J connectivity index is 1.48. The van der Waals surface area contributed by atoms with Gasteiger partial charge in [0, 0.05) is 45.4 Å². The van der Waals surface area contributed by atoms with E-state index in [0.717, 1.165) is 24.0 Å². The van der Waals surface area contributed by atoms with Gasteiger partial charge in [-0.05, 0) is 131 Å². The molecule has 0 aromatic carbocycles. The maximum Gasteiger partial charge on any atom is 0.329 e. The fraction of sp³-hybridized carbons (Fsp3) is 0.750. The first-order valence-corrected chi connectivity index (χ1v) is 28.4. The molecule has 2 bridgehead atoms. The Kier molecular flexibility index (Phi) is 22.3. The zero-order chi connectivity index (χ0) is 53.1. The van der Waals surface area contributed by atoms with Gasteiger partial charge in [-0.15, -0.1) is 0 Å². The quantitative estimate of drug-likeness (QED) is 0.127. The molecule has 3 saturated heterocycles. The van der Waals surface area contributed by atoms with Crippen LogP contribution in [0.2, 0.25) is 0 Å². The zero-order valence-electron chi connectivity index (χ0n) is 44.5. The summed E-state index contributed by atoms with van der Waals surface area (Å²) in [5.74, 6) is -7.32. The van der Waals surface area contributed by atoms with Crippen molar-refractivity contribution in [3.63, 3.8) is 0 Å². The van der Waals surface area contributed by atoms with Gasteiger partial charge in [0.25, 0.3) is 11.7 Å². The highest BCUT2D eigenvalue weighted by molar-refractivity contribution is 7.91. The number of rotatable bonds is 8. The van der Waals surface area contributed by atoms with Gasteiger partial charge in [0.15, 0.2) is 9.84 Å². The molecule has 3 N–H and O–H groups in total. The van der Waals surface area contributed by atoms with E-state index >= 15 is 0 Å². The number of carbonyl (C=O) groups is 4. The third kappa shape index (κ3) is 15.8. The number of esters is 1. The SMILES string of the molecule is C=C1C(C)CC(C)/C=C/C=C/C=C(\C)C(OCC2CCS(=O)(=O)C2)CC2CCC(C)C(O)(O2)C(=O)C(=O)N2CCCCC2C(=O)OC(C(C)CC2CCC(O)C(OC)C2)CC(=O)C(C)/C=C(\C)C(O)C1OC. The second-order valence-electron chi connectivity index (χ2n) is 22.1. The fourth-order valence-electron chi connectivity index (χ4n) is 11.4. The number of cyclic esters (lactones) is 1. The van der Waals surface area contributed by atoms with Crippen LogP contribution in [0.4, 0.5) is 0 Å². The molecule has 72 heavy (non-hydrogen) atoms. The lowest BCUT2D eigenvalue weighted by atomic mass is 9.78. The fourth-order valence-corrected chi connectivity index (χ4v) is 13.2. The van der Waals surface area contributed by atoms with Crippen molar-refractivity contribution in [1.82, 2.24) is 4.90 Å². The first kappa shape index (κ1) is 59.5. The largest absolute Gasteiger partial charge is 0.460 e. The lowest BCUT2D eigenvalue weighted by Gasteiger charge is -2.43. The van der Waals surface area contributed by atoms with Gasteiger partial charge in [-0.25, -0.2) is 13.2 Å². The molecule has 406 valence electrons. The Bertz CT molecular complexity index is 2120. The van der Waals surface area contributed by atoms with E-state index in [0.29, 0.717) is 56.9 Å². The van der Waals surface area contributed by atoms with E-state index in [-0.39, 0.29) is 85.4 Å². The van der Waals surface area contributed by atoms with Gasteiger partial charge in [-0.2, -0.15) is 0 Å². The van der Waals surface area contributed by atoms with E-state index in [1.807, 2.05) is 45.1 Å². The standard InChI is InChI=1S/C56H87NO14S/c1-34-16-12-11-13-17-35(2)48(69-32-43-23-25-72(65,66)33-43)30-44-21-19-40(7)56(64,71-44)53(61)54(62)57-24-15-14-18-45(57)55(63)70-49(38(5)28-42-20-22-46(58)50(29-42)67-9)31-47(59)37(4)27-39(6)51(60)52(68-10)41(8)36(3)26-34/h11-13,16-17,27,34,36-38,40,42-46,48-52,58,60,64H,8,14-15,18-26,28-33H2,1-7,9-10H3/b13-11+,16-12+,35-17+,39-27+. The number of Topliss-reactive ketones (excluding diaryl/α,β-unsaturated/α-hetero) is 2. The van der Waals surface area contributed by atoms with E-state index in [4.69, 9.17) is 23.7 Å². The number of sulfone groups is 1. The summed E-state index contributed by atoms with van der Waals surface area (Å²) in [5.41, 5.74) is 2.06. The average Bonchev–Trinajstić information content (AvgIpc) is 3.70. The summed E-state index contributed by atoms with van der Waals surface area (Å²) in [6, 6.07) is -1.16. The van der Waals surface area contributed by atoms with E-state index in [2.05, 4.69) is 19.6 Å². The molecule has 1 saturated carbocycles. The highest BCUT2D eigenvalue weighted by Crippen LogP contribution is 2.38. The van der Waals surface area contributed by atoms with Gasteiger partial charge in [-0.3, -0.25) is 14.4 Å². The van der Waals surface area contributed by atoms with Crippen LogP contribution in [0.15, 0.2) is 59.8 Å². The van der Waals surface area contributed by atoms with Crippen molar-refractivity contribution in [2.75, 3.05) is 38.9 Å². The molecule has 0 radical (unpaired) electrons. The van der Waals surface area contributed by atoms with Crippen LogP contribution in [0.5, 0.6) is 0 Å². The summed E-state index contributed by atoms with van der Waals surface area (Å²) in [7, 11) is -0.0531. The third-order valence-corrected chi connectivity index (χ3v) is 18.1. The van der Waals surface area contributed by atoms with Crippen LogP contribution in [-0.4, -0.2) is 146 Å². The second kappa shape index (κ2) is 26.9. The van der Waals surface area contributed by atoms with Crippen LogP contribution in [0.1, 0.15) is 132 Å². The molecule has 1 amide bonds. The van der Waals surface area contributed by atoms with Gasteiger partial charge in [-0.1, -0.05) is 77.7 Å². The Morgan fingerprint density at radius 3 is 2.31 bits per heavy atom. The number of allylic oxidation sites excluding steroid dienone is 6. The molecule has 4 aliphatic heterocycles. The first-order valence-electron chi connectivity index (χ1n) is 26.6. The van der Waals surface area contributed by atoms with Crippen molar-refractivity contribution in [2.45, 2.75) is 186 Å². The van der Waals surface area contributed by atoms with E-state index in [1.54, 1.807) is 34.0 Å². The summed E-state index contributed by atoms with van der Waals surface area (Å²) >= 11 is 0. The van der Waals surface area contributed by atoms with E-state index < -0.39 is 87.8 Å². The average molecular weight is 1030 g/mol. The van der Waals surface area contributed by atoms with Crippen LogP contribution < -0.4 is 0 Å². The highest BCUT2D eigenvalue weighted by Gasteiger charge is 2.53. The first-order chi connectivity index (χ1) is 34.0. The second-order valence-corrected chi connectivity index (χ2v) is 24.4. The molecule has 1 aliphatic carbocycles. The zero-order valence-corrected chi connectivity index (χ0v) is 45.4. The summed E-state index contributed by atoms with van der Waals surface area (Å²) in [6.45, 7) is 17.7. The summed E-state index contributed by atoms with van der Waals surface area (Å²) in [6.07, 6.45) is 12.3. The molecular weight excluding hydrogens is 943 g/mol. The number of methoxy groups -OCH3 is 2. The number of hydrogen-bond acceptors (Lipinski definition) is 14. The van der Waals surface area contributed by atoms with E-state index in [9.17, 15) is 42.9 Å². The third-order valence-electron chi connectivity index (χ3n) is 16.3. The normalized spacial score (nSPS) is 40.5. The number of piperidine rings is 1. The number of ether oxygens (including phenoxy) is 5. The van der Waals surface area contributed by atoms with Crippen molar-refractivity contribution in [2.24, 2.45) is 41.4 Å². The van der Waals surface area contributed by atoms with Gasteiger partial charge < -0.3 is 43.9 Å². The van der Waals surface area contributed by atoms with Crippen molar-refractivity contribution in [3.8, 4) is 0 Å². The number of nitrogens with zero attached hydrogens (tertiary/aromatic N) is 1. The summed E-state index contributed by atoms with van der Waals surface area (Å²) in [4.78, 5) is 58.8. The molecule has 0 aromatic rings. The number of amides is 1. The van der Waals surface area contributed by atoms with Crippen LogP contribution in [0.3, 0.4) is 0 Å². The van der Waals surface area contributed by atoms with Crippen LogP contribution in [0.25, 0.3) is 0 Å². The summed E-state index contributed by atoms with van der Waals surface area (Å²) in [5, 5.41) is 34.4. The summed E-state index contributed by atoms with van der Waals surface area (Å²) < 4.78 is 55.1. The minimum Gasteiger partial charge on any atom is -0.460 e. The highest BCUT2D eigenvalue weighted by atomic mass is 32.2. The molecule has 16 atom stereocenters. The van der Waals surface area contributed by atoms with E-state index in [1.165, 1.54) is 12.0 Å². The molecular formula is C56H87NO14S. The topological polar surface area (TPSA) is 212 Å². The molecule has 0 spiro atoms. The van der Waals surface area contributed by atoms with Crippen LogP contribution in [0, 0.1) is 41.4 Å². The Labute approximate surface area is 429 Å². The molecule has 16 heteroatoms. The van der Waals surface area contributed by atoms with Gasteiger partial charge in [0.2, 0.25) is 5.79 Å². The number of fused-ring (bicyclic) bond motifs is 3. The van der Waals surface area contributed by atoms with Gasteiger partial charge in [0.1, 0.15) is 30.1 Å². The number of carbonyl (C=O) groups excluding carboxylic acids is 4. The lowest BCUT2D eigenvalue weighted by Crippen LogP contribution is -2.61. The molecule has 0 aromatic heterocycles. The molecule has 4 fully saturated rings. The number of aliphatic hydroxyl groups excluding tert-OH is 2. The Morgan fingerprint density at radius 1 is 0.889 bits per heavy atom. The molecule has 15 nitrogen and oxygen atoms in total. The monoisotopic (exact) mass is 1030 g/mol. The van der Waals surface area contributed by atoms with Gasteiger partial charge >= 0.3 is 5.97 Å². The number of ketones is 2. The molecule has 5 aliphatic rings. The van der Waals surface area contributed by atoms with Crippen molar-refractivity contribution < 1.29 is 66.6 Å². The number of aliphatic hydroxyl groups is 3. The molecule has 4 heterocycles. The lowest BCUT2D eigenvalue weighted by molar-refractivity contribution is -0.266. The van der Waals surface area contributed by atoms with Crippen LogP contribution in [-0.2, 0) is 52.7 Å². The maximum atomic E-state index is 14.5. The number of hydrogen-bond donors (Lipinski definition) is 3. The predicted molar refractivity (Wildman–Crippen MR) is 275 cm³/mol. The smallest absolute Gasteiger partial charge is 0.329 e. The van der Waals surface area contributed by atoms with Crippen LogP contribution >= 0.6 is 0 Å². The van der Waals surface area contributed by atoms with Crippen molar-refractivity contribution >= 4 is 33.3 Å².